The normalized spacial score (nSPS) is 21.9. The molecule has 5 heteroatoms. The lowest BCUT2D eigenvalue weighted by molar-refractivity contribution is -0.0587. The maximum atomic E-state index is 12.6. The minimum Gasteiger partial charge on any atom is -0.372 e. The molecule has 2 heterocycles. The van der Waals surface area contributed by atoms with E-state index >= 15 is 0 Å². The summed E-state index contributed by atoms with van der Waals surface area (Å²) in [6, 6.07) is 8.20. The molecular weight excluding hydrogens is 296 g/mol. The zero-order chi connectivity index (χ0) is 15.7. The van der Waals surface area contributed by atoms with Gasteiger partial charge in [0.1, 0.15) is 10.7 Å². The Morgan fingerprint density at radius 3 is 2.50 bits per heavy atom. The number of aryl methyl sites for hydroxylation is 1. The predicted octanol–water partition coefficient (Wildman–Crippen LogP) is 3.37. The molecule has 2 unspecified atom stereocenters. The molecule has 3 rings (SSSR count). The van der Waals surface area contributed by atoms with Gasteiger partial charge in [0.2, 0.25) is 0 Å². The average Bonchev–Trinajstić information content (AvgIpc) is 2.96. The van der Waals surface area contributed by atoms with Gasteiger partial charge in [0.15, 0.2) is 0 Å². The molecule has 1 amide bonds. The van der Waals surface area contributed by atoms with Crippen LogP contribution in [0.2, 0.25) is 0 Å². The van der Waals surface area contributed by atoms with E-state index in [0.717, 1.165) is 10.6 Å². The number of thiazole rings is 1. The number of carbonyl (C=O) groups excluding carboxylic acids is 1. The van der Waals surface area contributed by atoms with Gasteiger partial charge in [-0.05, 0) is 20.8 Å². The molecule has 1 saturated heterocycles. The molecule has 4 nitrogen and oxygen atoms in total. The summed E-state index contributed by atoms with van der Waals surface area (Å²) < 4.78 is 5.68. The van der Waals surface area contributed by atoms with Gasteiger partial charge in [0.25, 0.3) is 5.91 Å². The Morgan fingerprint density at radius 2 is 1.86 bits per heavy atom. The number of hydrogen-bond acceptors (Lipinski definition) is 4. The molecule has 0 aliphatic carbocycles. The molecule has 0 spiro atoms. The second kappa shape index (κ2) is 6.18. The zero-order valence-electron chi connectivity index (χ0n) is 13.1. The van der Waals surface area contributed by atoms with Gasteiger partial charge in [-0.2, -0.15) is 0 Å². The molecular formula is C17H20N2O2S. The summed E-state index contributed by atoms with van der Waals surface area (Å²) in [5, 5.41) is 2.74. The van der Waals surface area contributed by atoms with Crippen LogP contribution in [-0.2, 0) is 4.74 Å². The highest BCUT2D eigenvalue weighted by atomic mass is 32.1. The van der Waals surface area contributed by atoms with Gasteiger partial charge in [-0.25, -0.2) is 4.98 Å². The molecule has 22 heavy (non-hydrogen) atoms. The lowest BCUT2D eigenvalue weighted by atomic mass is 10.2. The van der Waals surface area contributed by atoms with E-state index in [1.54, 1.807) is 0 Å². The molecule has 0 radical (unpaired) electrons. The molecule has 1 aromatic carbocycles. The first-order valence-corrected chi connectivity index (χ1v) is 8.38. The van der Waals surface area contributed by atoms with E-state index in [9.17, 15) is 4.79 Å². The van der Waals surface area contributed by atoms with Gasteiger partial charge < -0.3 is 9.64 Å². The smallest absolute Gasteiger partial charge is 0.273 e. The molecule has 1 aliphatic rings. The van der Waals surface area contributed by atoms with Crippen molar-refractivity contribution < 1.29 is 9.53 Å². The van der Waals surface area contributed by atoms with Crippen LogP contribution in [0.1, 0.15) is 29.9 Å². The second-order valence-electron chi connectivity index (χ2n) is 5.87. The standard InChI is InChI=1S/C17H20N2O2S/c1-11-4-6-14(7-5-11)16-18-15(10-22-16)17(20)19-8-12(2)21-13(3)9-19/h4-7,10,12-13H,8-9H2,1-3H3. The van der Waals surface area contributed by atoms with Crippen LogP contribution in [0.3, 0.4) is 0 Å². The van der Waals surface area contributed by atoms with Crippen LogP contribution in [0.5, 0.6) is 0 Å². The van der Waals surface area contributed by atoms with Crippen molar-refractivity contribution in [3.63, 3.8) is 0 Å². The highest BCUT2D eigenvalue weighted by Crippen LogP contribution is 2.25. The number of amides is 1. The first-order valence-electron chi connectivity index (χ1n) is 7.50. The molecule has 2 aromatic rings. The second-order valence-corrected chi connectivity index (χ2v) is 6.73. The summed E-state index contributed by atoms with van der Waals surface area (Å²) in [6.45, 7) is 7.30. The van der Waals surface area contributed by atoms with Crippen LogP contribution in [0.15, 0.2) is 29.6 Å². The number of benzene rings is 1. The largest absolute Gasteiger partial charge is 0.372 e. The number of rotatable bonds is 2. The van der Waals surface area contributed by atoms with Gasteiger partial charge in [0, 0.05) is 24.0 Å². The first-order chi connectivity index (χ1) is 10.5. The van der Waals surface area contributed by atoms with Crippen LogP contribution in [-0.4, -0.2) is 41.1 Å². The lowest BCUT2D eigenvalue weighted by Crippen LogP contribution is -2.48. The number of carbonyl (C=O) groups is 1. The quantitative estimate of drug-likeness (QED) is 0.853. The van der Waals surface area contributed by atoms with Gasteiger partial charge in [-0.15, -0.1) is 11.3 Å². The Morgan fingerprint density at radius 1 is 1.23 bits per heavy atom. The van der Waals surface area contributed by atoms with Crippen molar-refractivity contribution in [2.45, 2.75) is 33.0 Å². The highest BCUT2D eigenvalue weighted by Gasteiger charge is 2.27. The molecule has 116 valence electrons. The number of hydrogen-bond donors (Lipinski definition) is 0. The number of nitrogens with zero attached hydrogens (tertiary/aromatic N) is 2. The maximum absolute atomic E-state index is 12.6. The van der Waals surface area contributed by atoms with Crippen molar-refractivity contribution in [1.29, 1.82) is 0 Å². The Kier molecular flexibility index (Phi) is 4.27. The minimum absolute atomic E-state index is 0.00314. The third kappa shape index (κ3) is 3.20. The maximum Gasteiger partial charge on any atom is 0.273 e. The van der Waals surface area contributed by atoms with E-state index in [4.69, 9.17) is 4.74 Å². The van der Waals surface area contributed by atoms with Gasteiger partial charge in [0.05, 0.1) is 12.2 Å². The van der Waals surface area contributed by atoms with Crippen molar-refractivity contribution in [3.8, 4) is 10.6 Å². The Hall–Kier alpha value is -1.72. The van der Waals surface area contributed by atoms with Crippen LogP contribution >= 0.6 is 11.3 Å². The summed E-state index contributed by atoms with van der Waals surface area (Å²) in [5.74, 6) is -0.00314. The lowest BCUT2D eigenvalue weighted by Gasteiger charge is -2.34. The summed E-state index contributed by atoms with van der Waals surface area (Å²) in [7, 11) is 0. The van der Waals surface area contributed by atoms with Gasteiger partial charge >= 0.3 is 0 Å². The third-order valence-corrected chi connectivity index (χ3v) is 4.62. The topological polar surface area (TPSA) is 42.4 Å². The molecule has 0 bridgehead atoms. The van der Waals surface area contributed by atoms with E-state index in [0.29, 0.717) is 18.8 Å². The fourth-order valence-corrected chi connectivity index (χ4v) is 3.51. The third-order valence-electron chi connectivity index (χ3n) is 3.73. The molecule has 1 aliphatic heterocycles. The van der Waals surface area contributed by atoms with Crippen LogP contribution in [0.4, 0.5) is 0 Å². The molecule has 1 aromatic heterocycles. The van der Waals surface area contributed by atoms with Crippen molar-refractivity contribution >= 4 is 17.2 Å². The fourth-order valence-electron chi connectivity index (χ4n) is 2.71. The van der Waals surface area contributed by atoms with Crippen LogP contribution < -0.4 is 0 Å². The SMILES string of the molecule is Cc1ccc(-c2nc(C(=O)N3CC(C)OC(C)C3)cs2)cc1. The molecule has 2 atom stereocenters. The van der Waals surface area contributed by atoms with E-state index < -0.39 is 0 Å². The highest BCUT2D eigenvalue weighted by molar-refractivity contribution is 7.13. The van der Waals surface area contributed by atoms with E-state index in [1.807, 2.05) is 36.3 Å². The average molecular weight is 316 g/mol. The molecule has 0 N–H and O–H groups in total. The van der Waals surface area contributed by atoms with Gasteiger partial charge in [-0.1, -0.05) is 29.8 Å². The number of aromatic nitrogens is 1. The van der Waals surface area contributed by atoms with Crippen molar-refractivity contribution in [2.24, 2.45) is 0 Å². The predicted molar refractivity (Wildman–Crippen MR) is 88.2 cm³/mol. The van der Waals surface area contributed by atoms with Crippen molar-refractivity contribution in [3.05, 3.63) is 40.9 Å². The summed E-state index contributed by atoms with van der Waals surface area (Å²) in [5.41, 5.74) is 2.80. The first kappa shape index (κ1) is 15.2. The van der Waals surface area contributed by atoms with E-state index in [2.05, 4.69) is 24.0 Å². The van der Waals surface area contributed by atoms with E-state index in [1.165, 1.54) is 16.9 Å². The summed E-state index contributed by atoms with van der Waals surface area (Å²) in [4.78, 5) is 19.0. The number of ether oxygens (including phenoxy) is 1. The summed E-state index contributed by atoms with van der Waals surface area (Å²) in [6.07, 6.45) is 0.144. The zero-order valence-corrected chi connectivity index (χ0v) is 13.9. The number of morpholine rings is 1. The van der Waals surface area contributed by atoms with Gasteiger partial charge in [-0.3, -0.25) is 4.79 Å². The minimum atomic E-state index is -0.00314. The van der Waals surface area contributed by atoms with Crippen LogP contribution in [0.25, 0.3) is 10.6 Å². The fraction of sp³-hybridized carbons (Fsp3) is 0.412. The Labute approximate surface area is 134 Å². The molecule has 0 saturated carbocycles. The Bertz CT molecular complexity index is 656. The van der Waals surface area contributed by atoms with Crippen LogP contribution in [0, 0.1) is 6.92 Å². The monoisotopic (exact) mass is 316 g/mol. The van der Waals surface area contributed by atoms with Crippen molar-refractivity contribution in [1.82, 2.24) is 9.88 Å². The molecule has 1 fully saturated rings. The van der Waals surface area contributed by atoms with Crippen molar-refractivity contribution in [2.75, 3.05) is 13.1 Å². The Balaban J connectivity index is 1.78. The van der Waals surface area contributed by atoms with E-state index in [-0.39, 0.29) is 18.1 Å². The summed E-state index contributed by atoms with van der Waals surface area (Å²) >= 11 is 1.51.